The van der Waals surface area contributed by atoms with Gasteiger partial charge in [-0.3, -0.25) is 4.79 Å². The van der Waals surface area contributed by atoms with Gasteiger partial charge in [0.15, 0.2) is 0 Å². The van der Waals surface area contributed by atoms with Gasteiger partial charge < -0.3 is 15.5 Å². The third-order valence-electron chi connectivity index (χ3n) is 2.72. The molecule has 0 aromatic heterocycles. The summed E-state index contributed by atoms with van der Waals surface area (Å²) >= 11 is 0. The number of hydrogen-bond donors (Lipinski definition) is 3. The van der Waals surface area contributed by atoms with Crippen molar-refractivity contribution in [2.75, 3.05) is 5.32 Å². The van der Waals surface area contributed by atoms with Gasteiger partial charge in [0.05, 0.1) is 11.3 Å². The van der Waals surface area contributed by atoms with E-state index < -0.39 is 11.9 Å². The molecule has 0 unspecified atom stereocenters. The van der Waals surface area contributed by atoms with E-state index in [0.29, 0.717) is 0 Å². The maximum atomic E-state index is 11.8. The summed E-state index contributed by atoms with van der Waals surface area (Å²) in [5.74, 6) is -1.86. The number of carboxylic acid groups (broad SMARTS) is 1. The molecular formula is C16H13NO4. The van der Waals surface area contributed by atoms with Crippen LogP contribution in [0.3, 0.4) is 0 Å². The molecule has 3 N–H and O–H groups in total. The summed E-state index contributed by atoms with van der Waals surface area (Å²) in [6.07, 6.45) is 2.93. The van der Waals surface area contributed by atoms with E-state index in [1.807, 2.05) is 30.3 Å². The number of amides is 1. The van der Waals surface area contributed by atoms with Gasteiger partial charge in [-0.2, -0.15) is 0 Å². The molecule has 21 heavy (non-hydrogen) atoms. The Morgan fingerprint density at radius 3 is 2.43 bits per heavy atom. The van der Waals surface area contributed by atoms with E-state index in [1.165, 1.54) is 18.2 Å². The highest BCUT2D eigenvalue weighted by Crippen LogP contribution is 2.21. The zero-order chi connectivity index (χ0) is 15.2. The smallest absolute Gasteiger partial charge is 0.337 e. The molecule has 2 aromatic rings. The zero-order valence-corrected chi connectivity index (χ0v) is 11.0. The van der Waals surface area contributed by atoms with Crippen LogP contribution in [0.15, 0.2) is 54.6 Å². The van der Waals surface area contributed by atoms with Crippen molar-refractivity contribution in [3.63, 3.8) is 0 Å². The van der Waals surface area contributed by atoms with Crippen molar-refractivity contribution in [2.45, 2.75) is 0 Å². The van der Waals surface area contributed by atoms with E-state index in [0.717, 1.165) is 11.6 Å². The number of carbonyl (C=O) groups excluding carboxylic acids is 1. The number of phenolic OH excluding ortho intramolecular Hbond substituents is 1. The summed E-state index contributed by atoms with van der Waals surface area (Å²) in [4.78, 5) is 22.8. The fourth-order valence-corrected chi connectivity index (χ4v) is 1.73. The monoisotopic (exact) mass is 283 g/mol. The van der Waals surface area contributed by atoms with Crippen molar-refractivity contribution in [1.29, 1.82) is 0 Å². The molecule has 0 radical (unpaired) electrons. The second-order valence-electron chi connectivity index (χ2n) is 4.27. The lowest BCUT2D eigenvalue weighted by Crippen LogP contribution is -2.11. The molecule has 0 aliphatic rings. The van der Waals surface area contributed by atoms with E-state index in [-0.39, 0.29) is 17.0 Å². The van der Waals surface area contributed by atoms with Crippen LogP contribution < -0.4 is 5.32 Å². The number of aromatic hydroxyl groups is 1. The van der Waals surface area contributed by atoms with Gasteiger partial charge in [-0.25, -0.2) is 4.79 Å². The van der Waals surface area contributed by atoms with Crippen LogP contribution in [-0.2, 0) is 4.79 Å². The molecule has 0 spiro atoms. The van der Waals surface area contributed by atoms with E-state index >= 15 is 0 Å². The number of rotatable bonds is 4. The Bertz CT molecular complexity index is 693. The summed E-state index contributed by atoms with van der Waals surface area (Å²) in [5, 5.41) is 20.8. The maximum Gasteiger partial charge on any atom is 0.337 e. The Morgan fingerprint density at radius 2 is 1.76 bits per heavy atom. The molecule has 0 fully saturated rings. The molecule has 0 aliphatic carbocycles. The van der Waals surface area contributed by atoms with Gasteiger partial charge in [0.2, 0.25) is 5.91 Å². The first-order chi connectivity index (χ1) is 10.1. The van der Waals surface area contributed by atoms with Crippen molar-refractivity contribution in [1.82, 2.24) is 0 Å². The number of benzene rings is 2. The first-order valence-electron chi connectivity index (χ1n) is 6.16. The zero-order valence-electron chi connectivity index (χ0n) is 11.0. The largest absolute Gasteiger partial charge is 0.508 e. The van der Waals surface area contributed by atoms with Crippen LogP contribution in [-0.4, -0.2) is 22.1 Å². The van der Waals surface area contributed by atoms with Crippen molar-refractivity contribution in [3.05, 3.63) is 65.7 Å². The number of aromatic carboxylic acids is 1. The molecule has 0 heterocycles. The van der Waals surface area contributed by atoms with Crippen LogP contribution in [0.2, 0.25) is 0 Å². The number of carboxylic acids is 1. The fourth-order valence-electron chi connectivity index (χ4n) is 1.73. The van der Waals surface area contributed by atoms with Crippen molar-refractivity contribution >= 4 is 23.6 Å². The van der Waals surface area contributed by atoms with Gasteiger partial charge in [-0.1, -0.05) is 30.3 Å². The molecule has 0 bridgehead atoms. The molecule has 0 saturated heterocycles. The lowest BCUT2D eigenvalue weighted by atomic mass is 10.1. The maximum absolute atomic E-state index is 11.8. The summed E-state index contributed by atoms with van der Waals surface area (Å²) < 4.78 is 0. The Hall–Kier alpha value is -3.08. The van der Waals surface area contributed by atoms with Crippen LogP contribution in [0.5, 0.6) is 5.75 Å². The highest BCUT2D eigenvalue weighted by Gasteiger charge is 2.12. The van der Waals surface area contributed by atoms with Crippen LogP contribution in [0.25, 0.3) is 6.08 Å². The summed E-state index contributed by atoms with van der Waals surface area (Å²) in [5.41, 5.74) is 0.816. The molecule has 0 atom stereocenters. The van der Waals surface area contributed by atoms with E-state index in [4.69, 9.17) is 5.11 Å². The molecule has 2 rings (SSSR count). The van der Waals surface area contributed by atoms with Gasteiger partial charge in [0.1, 0.15) is 5.75 Å². The molecule has 5 heteroatoms. The van der Waals surface area contributed by atoms with E-state index in [1.54, 1.807) is 6.08 Å². The van der Waals surface area contributed by atoms with Gasteiger partial charge in [-0.15, -0.1) is 0 Å². The molecule has 0 saturated carbocycles. The lowest BCUT2D eigenvalue weighted by Gasteiger charge is -2.06. The van der Waals surface area contributed by atoms with Crippen LogP contribution in [0.4, 0.5) is 5.69 Å². The first kappa shape index (κ1) is 14.3. The first-order valence-corrected chi connectivity index (χ1v) is 6.16. The molecule has 1 amide bonds. The van der Waals surface area contributed by atoms with Crippen LogP contribution in [0, 0.1) is 0 Å². The van der Waals surface area contributed by atoms with Gasteiger partial charge in [-0.05, 0) is 29.8 Å². The quantitative estimate of drug-likeness (QED) is 0.595. The minimum Gasteiger partial charge on any atom is -0.508 e. The number of hydrogen-bond acceptors (Lipinski definition) is 3. The second kappa shape index (κ2) is 6.38. The van der Waals surface area contributed by atoms with Crippen molar-refractivity contribution in [2.24, 2.45) is 0 Å². The van der Waals surface area contributed by atoms with Gasteiger partial charge in [0, 0.05) is 6.08 Å². The molecule has 2 aromatic carbocycles. The van der Waals surface area contributed by atoms with Crippen LogP contribution >= 0.6 is 0 Å². The average Bonchev–Trinajstić information content (AvgIpc) is 2.48. The Morgan fingerprint density at radius 1 is 1.05 bits per heavy atom. The molecule has 0 aliphatic heterocycles. The topological polar surface area (TPSA) is 86.6 Å². The Balaban J connectivity index is 2.13. The summed E-state index contributed by atoms with van der Waals surface area (Å²) in [6, 6.07) is 13.0. The Labute approximate surface area is 121 Å². The standard InChI is InChI=1S/C16H13NO4/c18-12-7-8-14(13(10-12)16(20)21)17-15(19)9-6-11-4-2-1-3-5-11/h1-10,18H,(H,17,19)(H,20,21)/b9-6-. The number of anilines is 1. The summed E-state index contributed by atoms with van der Waals surface area (Å²) in [7, 11) is 0. The fraction of sp³-hybridized carbons (Fsp3) is 0. The number of nitrogens with one attached hydrogen (secondary N) is 1. The lowest BCUT2D eigenvalue weighted by molar-refractivity contribution is -0.111. The molecule has 5 nitrogen and oxygen atoms in total. The second-order valence-corrected chi connectivity index (χ2v) is 4.27. The van der Waals surface area contributed by atoms with Crippen LogP contribution in [0.1, 0.15) is 15.9 Å². The Kier molecular flexibility index (Phi) is 4.36. The highest BCUT2D eigenvalue weighted by atomic mass is 16.4. The summed E-state index contributed by atoms with van der Waals surface area (Å²) in [6.45, 7) is 0. The predicted octanol–water partition coefficient (Wildman–Crippen LogP) is 2.74. The van der Waals surface area contributed by atoms with Crippen molar-refractivity contribution in [3.8, 4) is 5.75 Å². The SMILES string of the molecule is O=C(/C=C\c1ccccc1)Nc1ccc(O)cc1C(=O)O. The predicted molar refractivity (Wildman–Crippen MR) is 79.2 cm³/mol. The van der Waals surface area contributed by atoms with Crippen molar-refractivity contribution < 1.29 is 19.8 Å². The molecule has 106 valence electrons. The van der Waals surface area contributed by atoms with Gasteiger partial charge >= 0.3 is 5.97 Å². The third kappa shape index (κ3) is 3.94. The van der Waals surface area contributed by atoms with E-state index in [2.05, 4.69) is 5.32 Å². The average molecular weight is 283 g/mol. The molecular weight excluding hydrogens is 270 g/mol. The number of phenols is 1. The minimum atomic E-state index is -1.23. The minimum absolute atomic E-state index is 0.128. The highest BCUT2D eigenvalue weighted by molar-refractivity contribution is 6.06. The number of carbonyl (C=O) groups is 2. The van der Waals surface area contributed by atoms with E-state index in [9.17, 15) is 14.7 Å². The normalized spacial score (nSPS) is 10.5. The van der Waals surface area contributed by atoms with Gasteiger partial charge in [0.25, 0.3) is 0 Å². The third-order valence-corrected chi connectivity index (χ3v) is 2.72.